The zero-order valence-corrected chi connectivity index (χ0v) is 20.2. The number of aromatic nitrogens is 2. The predicted octanol–water partition coefficient (Wildman–Crippen LogP) is 2.93. The molecule has 3 heterocycles. The number of pyridine rings is 1. The van der Waals surface area contributed by atoms with Crippen molar-refractivity contribution in [2.75, 3.05) is 20.7 Å². The molecule has 1 aliphatic rings. The molecule has 0 aromatic carbocycles. The molecule has 2 aromatic rings. The Morgan fingerprint density at radius 1 is 1.05 bits per heavy atom. The van der Waals surface area contributed by atoms with E-state index in [9.17, 15) is 31.1 Å². The Kier molecular flexibility index (Phi) is 12.0. The van der Waals surface area contributed by atoms with Crippen molar-refractivity contribution in [2.24, 2.45) is 5.92 Å². The molecular weight excluding hydrogens is 530 g/mol. The molecule has 1 aliphatic heterocycles. The molecule has 0 fully saturated rings. The number of amides is 1. The van der Waals surface area contributed by atoms with Crippen molar-refractivity contribution in [3.05, 3.63) is 47.9 Å². The molecule has 1 unspecified atom stereocenters. The van der Waals surface area contributed by atoms with Crippen LogP contribution in [0.25, 0.3) is 0 Å². The third kappa shape index (κ3) is 11.1. The SMILES string of the molecule is CNC(=O)CC1CN(Cc2cccnc2OC)Cc2cccn2C1.O=C(O)C(F)(F)F.O=C(O)C(F)(F)F. The third-order valence-electron chi connectivity index (χ3n) is 4.96. The van der Waals surface area contributed by atoms with Crippen molar-refractivity contribution in [3.63, 3.8) is 0 Å². The van der Waals surface area contributed by atoms with Gasteiger partial charge in [-0.05, 0) is 24.1 Å². The lowest BCUT2D eigenvalue weighted by Gasteiger charge is -2.24. The lowest BCUT2D eigenvalue weighted by Crippen LogP contribution is -2.31. The number of nitrogens with zero attached hydrogens (tertiary/aromatic N) is 3. The highest BCUT2D eigenvalue weighted by Gasteiger charge is 2.38. The second-order valence-corrected chi connectivity index (χ2v) is 7.84. The van der Waals surface area contributed by atoms with Crippen LogP contribution >= 0.6 is 0 Å². The molecular formula is C22H26F6N4O6. The number of carbonyl (C=O) groups excluding carboxylic acids is 1. The molecule has 1 atom stereocenters. The molecule has 3 rings (SSSR count). The largest absolute Gasteiger partial charge is 0.490 e. The number of hydrogen-bond donors (Lipinski definition) is 3. The van der Waals surface area contributed by atoms with E-state index in [1.54, 1.807) is 20.4 Å². The first-order chi connectivity index (χ1) is 17.6. The molecule has 2 aromatic heterocycles. The van der Waals surface area contributed by atoms with Crippen molar-refractivity contribution < 1.29 is 55.7 Å². The Morgan fingerprint density at radius 3 is 2.13 bits per heavy atom. The molecule has 212 valence electrons. The molecule has 3 N–H and O–H groups in total. The van der Waals surface area contributed by atoms with Crippen LogP contribution in [0.5, 0.6) is 5.88 Å². The number of carboxylic acids is 2. The Bertz CT molecular complexity index is 1050. The zero-order valence-electron chi connectivity index (χ0n) is 20.2. The molecule has 1 amide bonds. The van der Waals surface area contributed by atoms with Crippen LogP contribution in [0.2, 0.25) is 0 Å². The van der Waals surface area contributed by atoms with E-state index in [1.165, 1.54) is 5.69 Å². The number of rotatable bonds is 5. The van der Waals surface area contributed by atoms with E-state index < -0.39 is 24.3 Å². The maximum atomic E-state index is 11.8. The smallest absolute Gasteiger partial charge is 0.481 e. The summed E-state index contributed by atoms with van der Waals surface area (Å²) in [6.07, 6.45) is -5.79. The van der Waals surface area contributed by atoms with Crippen LogP contribution in [0.15, 0.2) is 36.7 Å². The summed E-state index contributed by atoms with van der Waals surface area (Å²) < 4.78 is 71.1. The van der Waals surface area contributed by atoms with E-state index >= 15 is 0 Å². The van der Waals surface area contributed by atoms with E-state index in [2.05, 4.69) is 38.1 Å². The zero-order chi connectivity index (χ0) is 29.1. The van der Waals surface area contributed by atoms with Gasteiger partial charge in [-0.25, -0.2) is 14.6 Å². The first-order valence-corrected chi connectivity index (χ1v) is 10.7. The Labute approximate surface area is 212 Å². The Morgan fingerprint density at radius 2 is 1.63 bits per heavy atom. The van der Waals surface area contributed by atoms with Crippen LogP contribution in [0, 0.1) is 5.92 Å². The fraction of sp³-hybridized carbons (Fsp3) is 0.455. The van der Waals surface area contributed by atoms with Crippen molar-refractivity contribution in [2.45, 2.75) is 38.4 Å². The molecule has 10 nitrogen and oxygen atoms in total. The van der Waals surface area contributed by atoms with Crippen LogP contribution in [0.4, 0.5) is 26.3 Å². The number of ether oxygens (including phenoxy) is 1. The lowest BCUT2D eigenvalue weighted by atomic mass is 10.0. The Hall–Kier alpha value is -3.82. The van der Waals surface area contributed by atoms with Crippen LogP contribution in [0.3, 0.4) is 0 Å². The van der Waals surface area contributed by atoms with Gasteiger partial charge in [-0.1, -0.05) is 6.07 Å². The number of carbonyl (C=O) groups is 3. The van der Waals surface area contributed by atoms with Gasteiger partial charge in [-0.3, -0.25) is 9.69 Å². The summed E-state index contributed by atoms with van der Waals surface area (Å²) in [7, 11) is 3.34. The molecule has 0 saturated heterocycles. The standard InChI is InChI=1S/C18H24N4O2.2C2HF3O2/c1-19-17(23)9-14-10-21(13-16-6-4-8-22(16)11-14)12-15-5-3-7-20-18(15)24-2;2*3-2(4,5)1(6)7/h3-8,14H,9-13H2,1-2H3,(H,19,23);2*(H,6,7). The molecule has 0 aliphatic carbocycles. The number of alkyl halides is 6. The lowest BCUT2D eigenvalue weighted by molar-refractivity contribution is -0.193. The van der Waals surface area contributed by atoms with Gasteiger partial charge in [0, 0.05) is 63.3 Å². The molecule has 0 bridgehead atoms. The highest BCUT2D eigenvalue weighted by molar-refractivity contribution is 5.75. The van der Waals surface area contributed by atoms with Crippen LogP contribution in [-0.4, -0.2) is 75.6 Å². The summed E-state index contributed by atoms with van der Waals surface area (Å²) in [4.78, 5) is 36.3. The summed E-state index contributed by atoms with van der Waals surface area (Å²) in [5.41, 5.74) is 2.34. The van der Waals surface area contributed by atoms with Gasteiger partial charge in [0.1, 0.15) is 0 Å². The van der Waals surface area contributed by atoms with Crippen molar-refractivity contribution >= 4 is 17.8 Å². The van der Waals surface area contributed by atoms with Crippen molar-refractivity contribution in [1.29, 1.82) is 0 Å². The second-order valence-electron chi connectivity index (χ2n) is 7.84. The minimum absolute atomic E-state index is 0.0921. The first-order valence-electron chi connectivity index (χ1n) is 10.7. The van der Waals surface area contributed by atoms with Crippen molar-refractivity contribution in [3.8, 4) is 5.88 Å². The highest BCUT2D eigenvalue weighted by atomic mass is 19.4. The molecule has 0 radical (unpaired) electrons. The number of methoxy groups -OCH3 is 1. The monoisotopic (exact) mass is 556 g/mol. The van der Waals surface area contributed by atoms with Gasteiger partial charge in [0.25, 0.3) is 0 Å². The maximum absolute atomic E-state index is 11.8. The molecule has 0 spiro atoms. The van der Waals surface area contributed by atoms with Gasteiger partial charge in [-0.15, -0.1) is 0 Å². The number of aliphatic carboxylic acids is 2. The van der Waals surface area contributed by atoms with E-state index in [0.29, 0.717) is 12.3 Å². The number of carboxylic acid groups (broad SMARTS) is 2. The third-order valence-corrected chi connectivity index (χ3v) is 4.96. The topological polar surface area (TPSA) is 134 Å². The minimum atomic E-state index is -5.08. The normalized spacial score (nSPS) is 15.4. The Balaban J connectivity index is 0.000000426. The summed E-state index contributed by atoms with van der Waals surface area (Å²) >= 11 is 0. The quantitative estimate of drug-likeness (QED) is 0.479. The van der Waals surface area contributed by atoms with Gasteiger partial charge < -0.3 is 24.8 Å². The first kappa shape index (κ1) is 32.2. The summed E-state index contributed by atoms with van der Waals surface area (Å²) in [6.45, 7) is 3.35. The highest BCUT2D eigenvalue weighted by Crippen LogP contribution is 2.23. The average Bonchev–Trinajstić information content (AvgIpc) is 3.18. The number of hydrogen-bond acceptors (Lipinski definition) is 6. The molecule has 16 heteroatoms. The van der Waals surface area contributed by atoms with E-state index in [0.717, 1.165) is 31.7 Å². The van der Waals surface area contributed by atoms with Gasteiger partial charge in [0.2, 0.25) is 11.8 Å². The summed E-state index contributed by atoms with van der Waals surface area (Å²) in [5, 5.41) is 17.0. The van der Waals surface area contributed by atoms with E-state index in [-0.39, 0.29) is 11.8 Å². The summed E-state index contributed by atoms with van der Waals surface area (Å²) in [6, 6.07) is 8.19. The average molecular weight is 556 g/mol. The maximum Gasteiger partial charge on any atom is 0.490 e. The van der Waals surface area contributed by atoms with Crippen LogP contribution in [-0.2, 0) is 34.0 Å². The van der Waals surface area contributed by atoms with Crippen molar-refractivity contribution in [1.82, 2.24) is 19.8 Å². The number of halogens is 6. The van der Waals surface area contributed by atoms with Gasteiger partial charge >= 0.3 is 24.3 Å². The van der Waals surface area contributed by atoms with Crippen LogP contribution < -0.4 is 10.1 Å². The second kappa shape index (κ2) is 14.2. The van der Waals surface area contributed by atoms with E-state index in [1.807, 2.05) is 12.1 Å². The van der Waals surface area contributed by atoms with Gasteiger partial charge in [0.15, 0.2) is 0 Å². The summed E-state index contributed by atoms with van der Waals surface area (Å²) in [5.74, 6) is -4.48. The number of nitrogens with one attached hydrogen (secondary N) is 1. The minimum Gasteiger partial charge on any atom is -0.481 e. The fourth-order valence-electron chi connectivity index (χ4n) is 3.35. The number of fused-ring (bicyclic) bond motifs is 1. The van der Waals surface area contributed by atoms with E-state index in [4.69, 9.17) is 24.5 Å². The fourth-order valence-corrected chi connectivity index (χ4v) is 3.35. The van der Waals surface area contributed by atoms with Gasteiger partial charge in [-0.2, -0.15) is 26.3 Å². The van der Waals surface area contributed by atoms with Crippen LogP contribution in [0.1, 0.15) is 17.7 Å². The van der Waals surface area contributed by atoms with Gasteiger partial charge in [0.05, 0.1) is 7.11 Å². The predicted molar refractivity (Wildman–Crippen MR) is 119 cm³/mol. The molecule has 38 heavy (non-hydrogen) atoms. The molecule has 0 saturated carbocycles.